The van der Waals surface area contributed by atoms with Crippen LogP contribution in [0.15, 0.2) is 28.7 Å². The standard InChI is InChI=1S/C15H21BrN2O/c1-18(11-15(10-17)8-9-15)14(19)7-6-12-4-2-3-5-13(12)16/h2-5H,6-11,17H2,1H3. The van der Waals surface area contributed by atoms with E-state index < -0.39 is 0 Å². The lowest BCUT2D eigenvalue weighted by Crippen LogP contribution is -2.35. The van der Waals surface area contributed by atoms with Gasteiger partial charge in [0.15, 0.2) is 0 Å². The van der Waals surface area contributed by atoms with Crippen LogP contribution in [0.2, 0.25) is 0 Å². The van der Waals surface area contributed by atoms with Gasteiger partial charge in [-0.1, -0.05) is 34.1 Å². The Kier molecular flexibility index (Phi) is 4.63. The molecule has 0 spiro atoms. The second kappa shape index (κ2) is 6.06. The minimum absolute atomic E-state index is 0.204. The molecule has 1 aliphatic carbocycles. The van der Waals surface area contributed by atoms with E-state index in [1.165, 1.54) is 5.56 Å². The number of halogens is 1. The molecule has 19 heavy (non-hydrogen) atoms. The van der Waals surface area contributed by atoms with E-state index in [-0.39, 0.29) is 11.3 Å². The van der Waals surface area contributed by atoms with E-state index in [1.54, 1.807) is 0 Å². The van der Waals surface area contributed by atoms with Crippen LogP contribution in [0, 0.1) is 5.41 Å². The Balaban J connectivity index is 1.83. The summed E-state index contributed by atoms with van der Waals surface area (Å²) in [5.74, 6) is 0.204. The van der Waals surface area contributed by atoms with Crippen LogP contribution in [-0.4, -0.2) is 30.9 Å². The number of hydrogen-bond donors (Lipinski definition) is 1. The average molecular weight is 325 g/mol. The summed E-state index contributed by atoms with van der Waals surface area (Å²) in [6, 6.07) is 8.05. The molecule has 2 N–H and O–H groups in total. The Morgan fingerprint density at radius 3 is 2.68 bits per heavy atom. The van der Waals surface area contributed by atoms with Crippen LogP contribution < -0.4 is 5.73 Å². The van der Waals surface area contributed by atoms with E-state index >= 15 is 0 Å². The molecule has 1 saturated carbocycles. The fourth-order valence-electron chi connectivity index (χ4n) is 2.33. The largest absolute Gasteiger partial charge is 0.345 e. The maximum absolute atomic E-state index is 12.1. The van der Waals surface area contributed by atoms with Gasteiger partial charge >= 0.3 is 0 Å². The number of amides is 1. The Morgan fingerprint density at radius 1 is 1.42 bits per heavy atom. The van der Waals surface area contributed by atoms with Crippen LogP contribution in [0.4, 0.5) is 0 Å². The fraction of sp³-hybridized carbons (Fsp3) is 0.533. The van der Waals surface area contributed by atoms with Crippen molar-refractivity contribution in [2.75, 3.05) is 20.1 Å². The predicted molar refractivity (Wildman–Crippen MR) is 80.8 cm³/mol. The van der Waals surface area contributed by atoms with Crippen molar-refractivity contribution < 1.29 is 4.79 Å². The van der Waals surface area contributed by atoms with E-state index in [1.807, 2.05) is 30.1 Å². The third-order valence-corrected chi connectivity index (χ3v) is 4.73. The smallest absolute Gasteiger partial charge is 0.222 e. The Bertz CT molecular complexity index is 457. The second-order valence-electron chi connectivity index (χ2n) is 5.55. The van der Waals surface area contributed by atoms with Crippen molar-refractivity contribution in [2.24, 2.45) is 11.1 Å². The molecule has 1 aliphatic rings. The molecule has 1 fully saturated rings. The predicted octanol–water partition coefficient (Wildman–Crippen LogP) is 2.58. The topological polar surface area (TPSA) is 46.3 Å². The molecule has 3 nitrogen and oxygen atoms in total. The third kappa shape index (κ3) is 3.80. The highest BCUT2D eigenvalue weighted by molar-refractivity contribution is 9.10. The van der Waals surface area contributed by atoms with Gasteiger partial charge in [-0.3, -0.25) is 4.79 Å². The highest BCUT2D eigenvalue weighted by Crippen LogP contribution is 2.44. The van der Waals surface area contributed by atoms with Gasteiger partial charge in [-0.25, -0.2) is 0 Å². The van der Waals surface area contributed by atoms with Crippen molar-refractivity contribution >= 4 is 21.8 Å². The number of rotatable bonds is 6. The SMILES string of the molecule is CN(CC1(CN)CC1)C(=O)CCc1ccccc1Br. The molecule has 2 rings (SSSR count). The number of hydrogen-bond acceptors (Lipinski definition) is 2. The zero-order valence-corrected chi connectivity index (χ0v) is 12.9. The summed E-state index contributed by atoms with van der Waals surface area (Å²) in [4.78, 5) is 14.0. The van der Waals surface area contributed by atoms with E-state index in [9.17, 15) is 4.79 Å². The summed E-state index contributed by atoms with van der Waals surface area (Å²) in [6.07, 6.45) is 3.65. The van der Waals surface area contributed by atoms with Crippen LogP contribution in [-0.2, 0) is 11.2 Å². The fourth-order valence-corrected chi connectivity index (χ4v) is 2.81. The lowest BCUT2D eigenvalue weighted by atomic mass is 10.1. The number of aryl methyl sites for hydroxylation is 1. The van der Waals surface area contributed by atoms with Gasteiger partial charge in [0, 0.05) is 29.9 Å². The first-order valence-corrected chi connectivity index (χ1v) is 7.53. The molecule has 0 radical (unpaired) electrons. The van der Waals surface area contributed by atoms with Crippen LogP contribution >= 0.6 is 15.9 Å². The van der Waals surface area contributed by atoms with Crippen molar-refractivity contribution in [3.05, 3.63) is 34.3 Å². The molecule has 0 aromatic heterocycles. The molecule has 104 valence electrons. The van der Waals surface area contributed by atoms with Crippen molar-refractivity contribution in [2.45, 2.75) is 25.7 Å². The molecule has 0 heterocycles. The summed E-state index contributed by atoms with van der Waals surface area (Å²) < 4.78 is 1.08. The van der Waals surface area contributed by atoms with Gasteiger partial charge in [0.2, 0.25) is 5.91 Å². The molecule has 0 aliphatic heterocycles. The van der Waals surface area contributed by atoms with E-state index in [0.29, 0.717) is 13.0 Å². The molecular formula is C15H21BrN2O. The van der Waals surface area contributed by atoms with Crippen molar-refractivity contribution in [3.8, 4) is 0 Å². The average Bonchev–Trinajstić information content (AvgIpc) is 3.17. The highest BCUT2D eigenvalue weighted by Gasteiger charge is 2.42. The first-order valence-electron chi connectivity index (χ1n) is 6.74. The van der Waals surface area contributed by atoms with E-state index in [2.05, 4.69) is 22.0 Å². The summed E-state index contributed by atoms with van der Waals surface area (Å²) in [6.45, 7) is 1.49. The lowest BCUT2D eigenvalue weighted by Gasteiger charge is -2.23. The first-order chi connectivity index (χ1) is 9.06. The molecule has 4 heteroatoms. The van der Waals surface area contributed by atoms with Crippen molar-refractivity contribution in [3.63, 3.8) is 0 Å². The summed E-state index contributed by atoms with van der Waals surface area (Å²) in [5.41, 5.74) is 7.16. The van der Waals surface area contributed by atoms with Crippen LogP contribution in [0.3, 0.4) is 0 Å². The summed E-state index contributed by atoms with van der Waals surface area (Å²) in [5, 5.41) is 0. The second-order valence-corrected chi connectivity index (χ2v) is 6.40. The first kappa shape index (κ1) is 14.5. The maximum Gasteiger partial charge on any atom is 0.222 e. The quantitative estimate of drug-likeness (QED) is 0.874. The van der Waals surface area contributed by atoms with E-state index in [4.69, 9.17) is 5.73 Å². The van der Waals surface area contributed by atoms with Crippen LogP contribution in [0.1, 0.15) is 24.8 Å². The molecule has 1 amide bonds. The van der Waals surface area contributed by atoms with Crippen molar-refractivity contribution in [1.82, 2.24) is 4.90 Å². The van der Waals surface area contributed by atoms with Gasteiger partial charge in [0.1, 0.15) is 0 Å². The minimum atomic E-state index is 0.204. The number of nitrogens with zero attached hydrogens (tertiary/aromatic N) is 1. The molecular weight excluding hydrogens is 304 g/mol. The number of nitrogens with two attached hydrogens (primary N) is 1. The van der Waals surface area contributed by atoms with Gasteiger partial charge in [-0.05, 0) is 37.4 Å². The van der Waals surface area contributed by atoms with E-state index in [0.717, 1.165) is 30.3 Å². The Hall–Kier alpha value is -0.870. The van der Waals surface area contributed by atoms with Gasteiger partial charge in [0.05, 0.1) is 0 Å². The highest BCUT2D eigenvalue weighted by atomic mass is 79.9. The molecule has 1 aromatic carbocycles. The molecule has 1 aromatic rings. The number of benzene rings is 1. The molecule has 0 unspecified atom stereocenters. The zero-order valence-electron chi connectivity index (χ0n) is 11.4. The van der Waals surface area contributed by atoms with Gasteiger partial charge < -0.3 is 10.6 Å². The van der Waals surface area contributed by atoms with Gasteiger partial charge in [-0.15, -0.1) is 0 Å². The minimum Gasteiger partial charge on any atom is -0.345 e. The monoisotopic (exact) mass is 324 g/mol. The molecule has 0 bridgehead atoms. The van der Waals surface area contributed by atoms with Gasteiger partial charge in [0.25, 0.3) is 0 Å². The van der Waals surface area contributed by atoms with Crippen LogP contribution in [0.25, 0.3) is 0 Å². The number of carbonyl (C=O) groups excluding carboxylic acids is 1. The molecule has 0 saturated heterocycles. The zero-order chi connectivity index (χ0) is 13.9. The summed E-state index contributed by atoms with van der Waals surface area (Å²) >= 11 is 3.51. The Labute approximate surface area is 123 Å². The molecule has 0 atom stereocenters. The normalized spacial score (nSPS) is 16.2. The number of carbonyl (C=O) groups is 1. The van der Waals surface area contributed by atoms with Crippen molar-refractivity contribution in [1.29, 1.82) is 0 Å². The summed E-state index contributed by atoms with van der Waals surface area (Å²) in [7, 11) is 1.89. The van der Waals surface area contributed by atoms with Crippen LogP contribution in [0.5, 0.6) is 0 Å². The van der Waals surface area contributed by atoms with Gasteiger partial charge in [-0.2, -0.15) is 0 Å². The maximum atomic E-state index is 12.1. The Morgan fingerprint density at radius 2 is 2.11 bits per heavy atom. The lowest BCUT2D eigenvalue weighted by molar-refractivity contribution is -0.130. The third-order valence-electron chi connectivity index (χ3n) is 3.95.